The number of nitrogens with zero attached hydrogens (tertiary/aromatic N) is 4. The van der Waals surface area contributed by atoms with E-state index in [0.717, 1.165) is 22.3 Å². The Bertz CT molecular complexity index is 1190. The molecule has 0 saturated carbocycles. The van der Waals surface area contributed by atoms with Gasteiger partial charge in [-0.1, -0.05) is 6.07 Å². The number of benzene rings is 2. The maximum Gasteiger partial charge on any atom is 0.131 e. The van der Waals surface area contributed by atoms with Crippen LogP contribution in [-0.2, 0) is 0 Å². The molecular weight excluding hydrogens is 341 g/mol. The summed E-state index contributed by atoms with van der Waals surface area (Å²) in [4.78, 5) is 8.38. The van der Waals surface area contributed by atoms with E-state index in [2.05, 4.69) is 16.0 Å². The molecule has 0 aliphatic rings. The monoisotopic (exact) mass is 357 g/mol. The van der Waals surface area contributed by atoms with Crippen molar-refractivity contribution in [2.45, 2.75) is 13.0 Å². The molecule has 0 unspecified atom stereocenters. The van der Waals surface area contributed by atoms with E-state index < -0.39 is 5.82 Å². The summed E-state index contributed by atoms with van der Waals surface area (Å²) < 4.78 is 16.4. The number of hydrogen-bond donors (Lipinski definition) is 1. The molecule has 0 aliphatic heterocycles. The number of halogens is 1. The lowest BCUT2D eigenvalue weighted by atomic mass is 10.0. The summed E-state index contributed by atoms with van der Waals surface area (Å²) in [5.41, 5.74) is 10.6. The zero-order valence-electron chi connectivity index (χ0n) is 14.6. The first-order chi connectivity index (χ1) is 13.1. The minimum absolute atomic E-state index is 0.0759. The van der Waals surface area contributed by atoms with Crippen LogP contribution < -0.4 is 5.73 Å². The average Bonchev–Trinajstić information content (AvgIpc) is 3.11. The molecule has 2 aromatic carbocycles. The molecule has 0 radical (unpaired) electrons. The van der Waals surface area contributed by atoms with Crippen LogP contribution in [0.4, 0.5) is 4.39 Å². The van der Waals surface area contributed by atoms with Gasteiger partial charge in [-0.15, -0.1) is 0 Å². The molecule has 2 aromatic heterocycles. The second-order valence-electron chi connectivity index (χ2n) is 6.35. The third-order valence-electron chi connectivity index (χ3n) is 4.56. The molecule has 0 aliphatic carbocycles. The largest absolute Gasteiger partial charge is 0.324 e. The van der Waals surface area contributed by atoms with Gasteiger partial charge < -0.3 is 5.73 Å². The zero-order chi connectivity index (χ0) is 19.0. The van der Waals surface area contributed by atoms with Gasteiger partial charge in [0.25, 0.3) is 0 Å². The highest BCUT2D eigenvalue weighted by atomic mass is 19.1. The van der Waals surface area contributed by atoms with Crippen LogP contribution in [-0.4, -0.2) is 14.5 Å². The normalized spacial score (nSPS) is 12.1. The third-order valence-corrected chi connectivity index (χ3v) is 4.56. The SMILES string of the molecule is C[C@@H](N)c1ccc2c(c1)ncn2-c1ccc(F)c(-c2ccncc2C#N)c1. The van der Waals surface area contributed by atoms with E-state index >= 15 is 0 Å². The Hall–Kier alpha value is -3.56. The van der Waals surface area contributed by atoms with Crippen molar-refractivity contribution in [3.63, 3.8) is 0 Å². The highest BCUT2D eigenvalue weighted by molar-refractivity contribution is 5.79. The van der Waals surface area contributed by atoms with Crippen molar-refractivity contribution in [3.8, 4) is 22.9 Å². The van der Waals surface area contributed by atoms with E-state index in [4.69, 9.17) is 5.73 Å². The Morgan fingerprint density at radius 3 is 2.78 bits per heavy atom. The first-order valence-corrected chi connectivity index (χ1v) is 8.45. The van der Waals surface area contributed by atoms with E-state index in [1.165, 1.54) is 12.3 Å². The minimum atomic E-state index is -0.398. The van der Waals surface area contributed by atoms with Gasteiger partial charge in [-0.2, -0.15) is 5.26 Å². The molecule has 4 rings (SSSR count). The fraction of sp³-hybridized carbons (Fsp3) is 0.0952. The Balaban J connectivity index is 1.87. The number of nitriles is 1. The predicted molar refractivity (Wildman–Crippen MR) is 102 cm³/mol. The fourth-order valence-corrected chi connectivity index (χ4v) is 3.11. The predicted octanol–water partition coefficient (Wildman–Crippen LogP) is 4.12. The lowest BCUT2D eigenvalue weighted by Crippen LogP contribution is -2.04. The number of nitrogens with two attached hydrogens (primary N) is 1. The lowest BCUT2D eigenvalue weighted by molar-refractivity contribution is 0.631. The van der Waals surface area contributed by atoms with Crippen LogP contribution in [0, 0.1) is 17.1 Å². The van der Waals surface area contributed by atoms with Crippen LogP contribution in [0.2, 0.25) is 0 Å². The van der Waals surface area contributed by atoms with Gasteiger partial charge in [0.05, 0.1) is 16.6 Å². The summed E-state index contributed by atoms with van der Waals surface area (Å²) in [5, 5.41) is 9.30. The van der Waals surface area contributed by atoms with E-state index in [1.54, 1.807) is 30.7 Å². The number of fused-ring (bicyclic) bond motifs is 1. The van der Waals surface area contributed by atoms with Crippen LogP contribution in [0.1, 0.15) is 24.1 Å². The first-order valence-electron chi connectivity index (χ1n) is 8.45. The molecule has 2 heterocycles. The smallest absolute Gasteiger partial charge is 0.131 e. The number of pyridine rings is 1. The summed E-state index contributed by atoms with van der Waals surface area (Å²) >= 11 is 0. The molecular formula is C21H16FN5. The van der Waals surface area contributed by atoms with Gasteiger partial charge in [0.2, 0.25) is 0 Å². The lowest BCUT2D eigenvalue weighted by Gasteiger charge is -2.10. The molecule has 0 spiro atoms. The molecule has 6 heteroatoms. The Kier molecular flexibility index (Phi) is 4.15. The first kappa shape index (κ1) is 16.9. The Labute approximate surface area is 155 Å². The van der Waals surface area contributed by atoms with Crippen molar-refractivity contribution in [2.24, 2.45) is 5.73 Å². The topological polar surface area (TPSA) is 80.5 Å². The maximum absolute atomic E-state index is 14.5. The number of imidazole rings is 1. The summed E-state index contributed by atoms with van der Waals surface area (Å²) in [5.74, 6) is -0.398. The second-order valence-corrected chi connectivity index (χ2v) is 6.35. The van der Waals surface area contributed by atoms with Gasteiger partial charge in [-0.3, -0.25) is 9.55 Å². The van der Waals surface area contributed by atoms with Gasteiger partial charge in [0, 0.05) is 35.2 Å². The van der Waals surface area contributed by atoms with Gasteiger partial charge in [0.15, 0.2) is 0 Å². The molecule has 0 bridgehead atoms. The van der Waals surface area contributed by atoms with Crippen molar-refractivity contribution in [1.29, 1.82) is 5.26 Å². The minimum Gasteiger partial charge on any atom is -0.324 e. The van der Waals surface area contributed by atoms with Gasteiger partial charge in [-0.25, -0.2) is 9.37 Å². The number of rotatable bonds is 3. The Morgan fingerprint density at radius 1 is 1.15 bits per heavy atom. The van der Waals surface area contributed by atoms with Crippen molar-refractivity contribution in [2.75, 3.05) is 0 Å². The summed E-state index contributed by atoms with van der Waals surface area (Å²) in [7, 11) is 0. The maximum atomic E-state index is 14.5. The van der Waals surface area contributed by atoms with E-state index in [0.29, 0.717) is 16.7 Å². The van der Waals surface area contributed by atoms with Crippen molar-refractivity contribution >= 4 is 11.0 Å². The summed E-state index contributed by atoms with van der Waals surface area (Å²) in [6, 6.07) is 14.3. The highest BCUT2D eigenvalue weighted by Crippen LogP contribution is 2.29. The fourth-order valence-electron chi connectivity index (χ4n) is 3.11. The van der Waals surface area contributed by atoms with Crippen LogP contribution in [0.5, 0.6) is 0 Å². The molecule has 1 atom stereocenters. The standard InChI is InChI=1S/C21H16FN5/c1-13(24)14-2-5-21-20(8-14)26-12-27(21)16-3-4-19(22)18(9-16)17-6-7-25-11-15(17)10-23/h2-9,11-13H,24H2,1H3/t13-/m1/s1. The van der Waals surface area contributed by atoms with Crippen LogP contribution >= 0.6 is 0 Å². The third kappa shape index (κ3) is 2.94. The highest BCUT2D eigenvalue weighted by Gasteiger charge is 2.13. The van der Waals surface area contributed by atoms with Gasteiger partial charge in [-0.05, 0) is 48.9 Å². The van der Waals surface area contributed by atoms with Crippen molar-refractivity contribution < 1.29 is 4.39 Å². The van der Waals surface area contributed by atoms with Crippen LogP contribution in [0.25, 0.3) is 27.8 Å². The summed E-state index contributed by atoms with van der Waals surface area (Å²) in [6.07, 6.45) is 4.68. The quantitative estimate of drug-likeness (QED) is 0.598. The molecule has 2 N–H and O–H groups in total. The van der Waals surface area contributed by atoms with Gasteiger partial charge >= 0.3 is 0 Å². The van der Waals surface area contributed by atoms with E-state index in [9.17, 15) is 9.65 Å². The van der Waals surface area contributed by atoms with Crippen molar-refractivity contribution in [3.05, 3.63) is 78.1 Å². The van der Waals surface area contributed by atoms with E-state index in [-0.39, 0.29) is 6.04 Å². The van der Waals surface area contributed by atoms with Crippen LogP contribution in [0.15, 0.2) is 61.2 Å². The van der Waals surface area contributed by atoms with Gasteiger partial charge in [0.1, 0.15) is 18.2 Å². The number of aromatic nitrogens is 3. The molecule has 4 aromatic rings. The summed E-state index contributed by atoms with van der Waals surface area (Å²) in [6.45, 7) is 1.92. The number of hydrogen-bond acceptors (Lipinski definition) is 4. The van der Waals surface area contributed by atoms with Crippen molar-refractivity contribution in [1.82, 2.24) is 14.5 Å². The molecule has 5 nitrogen and oxygen atoms in total. The second kappa shape index (κ2) is 6.63. The van der Waals surface area contributed by atoms with Crippen LogP contribution in [0.3, 0.4) is 0 Å². The average molecular weight is 357 g/mol. The Morgan fingerprint density at radius 2 is 2.00 bits per heavy atom. The van der Waals surface area contributed by atoms with E-state index in [1.807, 2.05) is 29.7 Å². The molecule has 0 fully saturated rings. The molecule has 27 heavy (non-hydrogen) atoms. The molecule has 0 saturated heterocycles. The zero-order valence-corrected chi connectivity index (χ0v) is 14.6. The molecule has 132 valence electrons. The molecule has 0 amide bonds.